The van der Waals surface area contributed by atoms with Gasteiger partial charge in [-0.05, 0) is 57.6 Å². The Kier molecular flexibility index (Phi) is 6.18. The molecule has 0 unspecified atom stereocenters. The molecule has 0 radical (unpaired) electrons. The van der Waals surface area contributed by atoms with Crippen LogP contribution in [0, 0.1) is 0 Å². The van der Waals surface area contributed by atoms with Crippen LogP contribution >= 0.6 is 0 Å². The number of rotatable bonds is 4. The molecule has 0 aliphatic rings. The van der Waals surface area contributed by atoms with Gasteiger partial charge in [0.1, 0.15) is 22.3 Å². The van der Waals surface area contributed by atoms with Crippen molar-refractivity contribution in [3.8, 4) is 45.3 Å². The van der Waals surface area contributed by atoms with Gasteiger partial charge in [0.05, 0.1) is 0 Å². The highest BCUT2D eigenvalue weighted by atomic mass is 16.3. The van der Waals surface area contributed by atoms with E-state index in [2.05, 4.69) is 91.0 Å². The van der Waals surface area contributed by atoms with Crippen LogP contribution in [0.5, 0.6) is 0 Å². The lowest BCUT2D eigenvalue weighted by Crippen LogP contribution is -2.00. The van der Waals surface area contributed by atoms with Crippen LogP contribution in [-0.2, 0) is 0 Å². The van der Waals surface area contributed by atoms with E-state index < -0.39 is 0 Å². The van der Waals surface area contributed by atoms with Gasteiger partial charge in [0.2, 0.25) is 0 Å². The maximum atomic E-state index is 6.73. The summed E-state index contributed by atoms with van der Waals surface area (Å²) in [6.45, 7) is 0. The van der Waals surface area contributed by atoms with Crippen LogP contribution in [0.2, 0.25) is 0 Å². The Labute approximate surface area is 297 Å². The zero-order valence-corrected chi connectivity index (χ0v) is 27.7. The largest absolute Gasteiger partial charge is 0.456 e. The minimum Gasteiger partial charge on any atom is -0.456 e. The summed E-state index contributed by atoms with van der Waals surface area (Å²) in [5.74, 6) is 1.74. The van der Waals surface area contributed by atoms with Gasteiger partial charge < -0.3 is 8.83 Å². The third-order valence-corrected chi connectivity index (χ3v) is 10.1. The maximum absolute atomic E-state index is 6.73. The van der Waals surface area contributed by atoms with Gasteiger partial charge in [0, 0.05) is 43.6 Å². The second-order valence-corrected chi connectivity index (χ2v) is 13.1. The molecule has 52 heavy (non-hydrogen) atoms. The van der Waals surface area contributed by atoms with E-state index in [0.717, 1.165) is 82.5 Å². The predicted molar refractivity (Wildman–Crippen MR) is 211 cm³/mol. The van der Waals surface area contributed by atoms with Gasteiger partial charge in [-0.15, -0.1) is 0 Å². The lowest BCUT2D eigenvalue weighted by atomic mass is 9.93. The molecule has 5 nitrogen and oxygen atoms in total. The van der Waals surface area contributed by atoms with Crippen molar-refractivity contribution >= 4 is 65.4 Å². The number of benzene rings is 8. The third kappa shape index (κ3) is 4.39. The molecule has 11 aromatic rings. The van der Waals surface area contributed by atoms with Crippen LogP contribution in [0.1, 0.15) is 0 Å². The molecule has 5 heteroatoms. The Balaban J connectivity index is 1.20. The van der Waals surface area contributed by atoms with Gasteiger partial charge in [-0.1, -0.05) is 133 Å². The van der Waals surface area contributed by atoms with Gasteiger partial charge in [-0.25, -0.2) is 15.0 Å². The predicted octanol–water partition coefficient (Wildman–Crippen LogP) is 12.6. The zero-order valence-electron chi connectivity index (χ0n) is 27.7. The third-order valence-electron chi connectivity index (χ3n) is 10.1. The second-order valence-electron chi connectivity index (χ2n) is 13.1. The standard InChI is InChI=1S/C47H27N3O2/c1-2-13-29(14-3-1)45-48-46(35-19-10-22-40-42(35)34-18-8-9-21-39(34)51-40)50-47(49-45)36-20-11-23-41-43(36)38-27-37(32-16-6-7-17-33(32)44(38)52-41)31-25-24-28-12-4-5-15-30(28)26-31/h1-27H. The fourth-order valence-electron chi connectivity index (χ4n) is 7.72. The molecule has 0 atom stereocenters. The summed E-state index contributed by atoms with van der Waals surface area (Å²) >= 11 is 0. The zero-order chi connectivity index (χ0) is 34.2. The molecule has 0 aliphatic heterocycles. The van der Waals surface area contributed by atoms with Gasteiger partial charge in [-0.3, -0.25) is 0 Å². The summed E-state index contributed by atoms with van der Waals surface area (Å²) in [4.78, 5) is 15.5. The highest BCUT2D eigenvalue weighted by molar-refractivity contribution is 6.22. The maximum Gasteiger partial charge on any atom is 0.164 e. The summed E-state index contributed by atoms with van der Waals surface area (Å²) in [6.07, 6.45) is 0. The van der Waals surface area contributed by atoms with Crippen molar-refractivity contribution in [1.82, 2.24) is 15.0 Å². The first-order valence-corrected chi connectivity index (χ1v) is 17.4. The monoisotopic (exact) mass is 665 g/mol. The Bertz CT molecular complexity index is 3190. The van der Waals surface area contributed by atoms with Crippen molar-refractivity contribution in [2.24, 2.45) is 0 Å². The molecule has 0 amide bonds. The molecule has 8 aromatic carbocycles. The second kappa shape index (κ2) is 11.2. The van der Waals surface area contributed by atoms with E-state index in [1.807, 2.05) is 72.8 Å². The highest BCUT2D eigenvalue weighted by Crippen LogP contribution is 2.44. The molecule has 3 aromatic heterocycles. The topological polar surface area (TPSA) is 65.0 Å². The average molecular weight is 666 g/mol. The summed E-state index contributed by atoms with van der Waals surface area (Å²) in [5, 5.41) is 8.59. The van der Waals surface area contributed by atoms with E-state index in [9.17, 15) is 0 Å². The van der Waals surface area contributed by atoms with Crippen molar-refractivity contribution in [3.05, 3.63) is 164 Å². The highest BCUT2D eigenvalue weighted by Gasteiger charge is 2.22. The van der Waals surface area contributed by atoms with E-state index in [0.29, 0.717) is 17.5 Å². The van der Waals surface area contributed by atoms with Gasteiger partial charge >= 0.3 is 0 Å². The Morgan fingerprint density at radius 2 is 0.923 bits per heavy atom. The lowest BCUT2D eigenvalue weighted by Gasteiger charge is -2.11. The summed E-state index contributed by atoms with van der Waals surface area (Å²) in [6, 6.07) is 56.3. The summed E-state index contributed by atoms with van der Waals surface area (Å²) in [5.41, 5.74) is 8.20. The van der Waals surface area contributed by atoms with Gasteiger partial charge in [0.15, 0.2) is 17.5 Å². The smallest absolute Gasteiger partial charge is 0.164 e. The first-order valence-electron chi connectivity index (χ1n) is 17.4. The van der Waals surface area contributed by atoms with Crippen molar-refractivity contribution in [3.63, 3.8) is 0 Å². The number of aromatic nitrogens is 3. The number of hydrogen-bond donors (Lipinski definition) is 0. The molecule has 242 valence electrons. The summed E-state index contributed by atoms with van der Waals surface area (Å²) < 4.78 is 13.0. The number of fused-ring (bicyclic) bond motifs is 9. The van der Waals surface area contributed by atoms with Crippen LogP contribution < -0.4 is 0 Å². The Hall–Kier alpha value is -7.11. The molecule has 0 saturated heterocycles. The van der Waals surface area contributed by atoms with Crippen molar-refractivity contribution in [2.75, 3.05) is 0 Å². The van der Waals surface area contributed by atoms with Crippen molar-refractivity contribution < 1.29 is 8.83 Å². The van der Waals surface area contributed by atoms with E-state index in [1.165, 1.54) is 10.8 Å². The fraction of sp³-hybridized carbons (Fsp3) is 0. The Morgan fingerprint density at radius 3 is 1.71 bits per heavy atom. The molecule has 0 bridgehead atoms. The number of hydrogen-bond acceptors (Lipinski definition) is 5. The summed E-state index contributed by atoms with van der Waals surface area (Å²) in [7, 11) is 0. The van der Waals surface area contributed by atoms with Crippen molar-refractivity contribution in [2.45, 2.75) is 0 Å². The molecule has 0 fully saturated rings. The number of nitrogens with zero attached hydrogens (tertiary/aromatic N) is 3. The van der Waals surface area contributed by atoms with Gasteiger partial charge in [0.25, 0.3) is 0 Å². The van der Waals surface area contributed by atoms with Crippen LogP contribution in [0.4, 0.5) is 0 Å². The minimum absolute atomic E-state index is 0.572. The van der Waals surface area contributed by atoms with Crippen molar-refractivity contribution in [1.29, 1.82) is 0 Å². The van der Waals surface area contributed by atoms with Crippen LogP contribution in [0.15, 0.2) is 173 Å². The lowest BCUT2D eigenvalue weighted by molar-refractivity contribution is 0.669. The van der Waals surface area contributed by atoms with E-state index in [-0.39, 0.29) is 0 Å². The van der Waals surface area contributed by atoms with E-state index in [4.69, 9.17) is 23.8 Å². The number of furan rings is 2. The normalized spacial score (nSPS) is 11.8. The molecule has 0 saturated carbocycles. The average Bonchev–Trinajstić information content (AvgIpc) is 3.79. The van der Waals surface area contributed by atoms with Crippen LogP contribution in [-0.4, -0.2) is 15.0 Å². The first-order chi connectivity index (χ1) is 25.8. The number of para-hydroxylation sites is 1. The Morgan fingerprint density at radius 1 is 0.327 bits per heavy atom. The fourth-order valence-corrected chi connectivity index (χ4v) is 7.72. The quantitative estimate of drug-likeness (QED) is 0.187. The molecule has 0 N–H and O–H groups in total. The van der Waals surface area contributed by atoms with E-state index in [1.54, 1.807) is 0 Å². The van der Waals surface area contributed by atoms with Crippen LogP contribution in [0.25, 0.3) is 111 Å². The molecule has 0 aliphatic carbocycles. The molecular weight excluding hydrogens is 639 g/mol. The van der Waals surface area contributed by atoms with E-state index >= 15 is 0 Å². The molecule has 0 spiro atoms. The minimum atomic E-state index is 0.572. The molecular formula is C47H27N3O2. The molecule has 11 rings (SSSR count). The van der Waals surface area contributed by atoms with Crippen LogP contribution in [0.3, 0.4) is 0 Å². The SMILES string of the molecule is c1ccc(-c2nc(-c3cccc4oc5ccccc5c34)nc(-c3cccc4oc5c6ccccc6c(-c6ccc7ccccc7c6)cc5c34)n2)cc1. The molecule has 3 heterocycles. The first kappa shape index (κ1) is 28.7. The van der Waals surface area contributed by atoms with Gasteiger partial charge in [-0.2, -0.15) is 0 Å².